The van der Waals surface area contributed by atoms with Gasteiger partial charge in [-0.2, -0.15) is 0 Å². The molecule has 2 heterocycles. The number of carbonyl (C=O) groups is 1. The zero-order valence-electron chi connectivity index (χ0n) is 27.3. The number of aliphatic hydroxyl groups is 2. The standard InChI is InChI=1S/C37H43N5O6S/c43-30-16-15-29(34-33(30)42-36(46)49-34)31(44)23-39-21-24-11-13-27(14-12-24)41-32(45)18-20-38-19-17-28-22-40-35(48-28)37(47,25-7-3-1-4-8-25)26-9-5-2-6-10-26/h1,3-4,7-8,11-16,22,26,31,38-39,43-44,47H,2,5-6,9-10,17-21,23H2,(H,41,45)(H,42,46). The topological polar surface area (TPSA) is 173 Å². The number of benzene rings is 3. The van der Waals surface area contributed by atoms with Gasteiger partial charge >= 0.3 is 4.87 Å². The number of aliphatic hydroxyl groups excluding tert-OH is 1. The molecule has 0 aliphatic heterocycles. The Hall–Kier alpha value is -4.33. The number of phenols is 1. The molecule has 258 valence electrons. The number of phenolic OH excluding ortho intramolecular Hbond substituents is 1. The molecule has 11 nitrogen and oxygen atoms in total. The van der Waals surface area contributed by atoms with Crippen molar-refractivity contribution in [3.8, 4) is 5.75 Å². The Kier molecular flexibility index (Phi) is 11.2. The van der Waals surface area contributed by atoms with Crippen LogP contribution in [-0.4, -0.2) is 50.8 Å². The van der Waals surface area contributed by atoms with Crippen LogP contribution in [0, 0.1) is 5.92 Å². The van der Waals surface area contributed by atoms with Crippen LogP contribution in [0.3, 0.4) is 0 Å². The molecule has 2 unspecified atom stereocenters. The highest BCUT2D eigenvalue weighted by Gasteiger charge is 2.44. The number of hydrogen-bond donors (Lipinski definition) is 7. The van der Waals surface area contributed by atoms with Crippen LogP contribution in [0.2, 0.25) is 0 Å². The number of aromatic hydroxyl groups is 1. The second-order valence-electron chi connectivity index (χ2n) is 12.6. The van der Waals surface area contributed by atoms with Gasteiger partial charge in [0.2, 0.25) is 11.8 Å². The molecule has 2 atom stereocenters. The number of hydrogen-bond acceptors (Lipinski definition) is 10. The van der Waals surface area contributed by atoms with Crippen LogP contribution < -0.4 is 20.8 Å². The van der Waals surface area contributed by atoms with Gasteiger partial charge in [0, 0.05) is 56.2 Å². The first-order chi connectivity index (χ1) is 23.8. The Morgan fingerprint density at radius 3 is 2.57 bits per heavy atom. The maximum absolute atomic E-state index is 12.5. The van der Waals surface area contributed by atoms with E-state index in [1.54, 1.807) is 12.3 Å². The minimum atomic E-state index is -1.25. The SMILES string of the molecule is O=C(CCNCCc1cnc(C(O)(c2ccccc2)C2CCCCC2)o1)Nc1ccc(CNCC(O)c2ccc(O)c3[nH]c(=O)sc23)cc1. The lowest BCUT2D eigenvalue weighted by Gasteiger charge is -2.36. The van der Waals surface area contributed by atoms with Crippen molar-refractivity contribution in [2.75, 3.05) is 25.0 Å². The van der Waals surface area contributed by atoms with Crippen LogP contribution in [-0.2, 0) is 23.4 Å². The number of fused-ring (bicyclic) bond motifs is 1. The van der Waals surface area contributed by atoms with Gasteiger partial charge in [-0.15, -0.1) is 0 Å². The van der Waals surface area contributed by atoms with E-state index in [0.717, 1.165) is 48.1 Å². The lowest BCUT2D eigenvalue weighted by Crippen LogP contribution is -2.38. The normalized spacial score (nSPS) is 15.6. The van der Waals surface area contributed by atoms with E-state index >= 15 is 0 Å². The van der Waals surface area contributed by atoms with Gasteiger partial charge in [-0.3, -0.25) is 9.59 Å². The number of thiazole rings is 1. The third-order valence-corrected chi connectivity index (χ3v) is 10.1. The molecule has 1 fully saturated rings. The Morgan fingerprint density at radius 1 is 1.02 bits per heavy atom. The van der Waals surface area contributed by atoms with Crippen LogP contribution >= 0.6 is 11.3 Å². The van der Waals surface area contributed by atoms with Gasteiger partial charge in [-0.1, -0.05) is 79.1 Å². The summed E-state index contributed by atoms with van der Waals surface area (Å²) in [5, 5.41) is 42.1. The molecule has 12 heteroatoms. The zero-order valence-corrected chi connectivity index (χ0v) is 28.1. The molecule has 1 aliphatic carbocycles. The van der Waals surface area contributed by atoms with Crippen LogP contribution in [0.1, 0.15) is 73.0 Å². The summed E-state index contributed by atoms with van der Waals surface area (Å²) in [6, 6.07) is 20.3. The Balaban J connectivity index is 0.912. The van der Waals surface area contributed by atoms with Crippen LogP contribution in [0.5, 0.6) is 5.75 Å². The molecule has 7 N–H and O–H groups in total. The number of anilines is 1. The summed E-state index contributed by atoms with van der Waals surface area (Å²) in [6.45, 7) is 1.86. The summed E-state index contributed by atoms with van der Waals surface area (Å²) in [5.74, 6) is 0.978. The molecule has 5 aromatic rings. The van der Waals surface area contributed by atoms with Gasteiger partial charge in [0.25, 0.3) is 0 Å². The van der Waals surface area contributed by atoms with Crippen molar-refractivity contribution in [1.82, 2.24) is 20.6 Å². The largest absolute Gasteiger partial charge is 0.506 e. The third kappa shape index (κ3) is 8.28. The summed E-state index contributed by atoms with van der Waals surface area (Å²) in [6.07, 6.45) is 6.98. The van der Waals surface area contributed by atoms with Gasteiger partial charge in [0.15, 0.2) is 5.60 Å². The molecule has 0 saturated heterocycles. The molecular weight excluding hydrogens is 643 g/mol. The highest BCUT2D eigenvalue weighted by molar-refractivity contribution is 7.16. The van der Waals surface area contributed by atoms with Crippen molar-refractivity contribution in [3.05, 3.63) is 111 Å². The first kappa shape index (κ1) is 34.5. The summed E-state index contributed by atoms with van der Waals surface area (Å²) in [5.41, 5.74) is 2.14. The van der Waals surface area contributed by atoms with E-state index in [2.05, 4.69) is 25.9 Å². The summed E-state index contributed by atoms with van der Waals surface area (Å²) >= 11 is 0.957. The predicted molar refractivity (Wildman–Crippen MR) is 190 cm³/mol. The molecule has 3 aromatic carbocycles. The van der Waals surface area contributed by atoms with E-state index in [0.29, 0.717) is 65.6 Å². The number of carbonyl (C=O) groups excluding carboxylic acids is 1. The van der Waals surface area contributed by atoms with Gasteiger partial charge in [-0.05, 0) is 42.2 Å². The third-order valence-electron chi connectivity index (χ3n) is 9.22. The maximum Gasteiger partial charge on any atom is 0.305 e. The number of nitrogens with one attached hydrogen (secondary N) is 4. The van der Waals surface area contributed by atoms with Crippen molar-refractivity contribution in [2.45, 2.75) is 63.2 Å². The van der Waals surface area contributed by atoms with Gasteiger partial charge in [0.05, 0.1) is 17.0 Å². The fourth-order valence-corrected chi connectivity index (χ4v) is 7.50. The van der Waals surface area contributed by atoms with E-state index in [9.17, 15) is 24.9 Å². The predicted octanol–water partition coefficient (Wildman–Crippen LogP) is 5.08. The number of H-pyrrole nitrogens is 1. The molecular formula is C37H43N5O6S. The molecule has 49 heavy (non-hydrogen) atoms. The summed E-state index contributed by atoms with van der Waals surface area (Å²) in [4.78, 5) is 31.1. The molecule has 2 aromatic heterocycles. The highest BCUT2D eigenvalue weighted by atomic mass is 32.1. The smallest absolute Gasteiger partial charge is 0.305 e. The number of aromatic amines is 1. The minimum absolute atomic E-state index is 0.0266. The first-order valence-corrected chi connectivity index (χ1v) is 17.7. The molecule has 1 aliphatic rings. The van der Waals surface area contributed by atoms with E-state index < -0.39 is 11.7 Å². The molecule has 1 saturated carbocycles. The summed E-state index contributed by atoms with van der Waals surface area (Å²) in [7, 11) is 0. The monoisotopic (exact) mass is 685 g/mol. The number of aromatic nitrogens is 2. The van der Waals surface area contributed by atoms with Gasteiger partial charge in [0.1, 0.15) is 17.0 Å². The van der Waals surface area contributed by atoms with Crippen LogP contribution in [0.15, 0.2) is 82.1 Å². The molecule has 1 amide bonds. The van der Waals surface area contributed by atoms with Crippen molar-refractivity contribution in [1.29, 1.82) is 0 Å². The fraction of sp³-hybridized carbons (Fsp3) is 0.378. The highest BCUT2D eigenvalue weighted by Crippen LogP contribution is 2.43. The van der Waals surface area contributed by atoms with E-state index in [4.69, 9.17) is 4.42 Å². The van der Waals surface area contributed by atoms with E-state index in [-0.39, 0.29) is 29.0 Å². The maximum atomic E-state index is 12.5. The summed E-state index contributed by atoms with van der Waals surface area (Å²) < 4.78 is 6.67. The lowest BCUT2D eigenvalue weighted by atomic mass is 9.73. The van der Waals surface area contributed by atoms with Crippen molar-refractivity contribution >= 4 is 33.1 Å². The van der Waals surface area contributed by atoms with Gasteiger partial charge < -0.3 is 40.7 Å². The Bertz CT molecular complexity index is 1880. The molecule has 0 spiro atoms. The number of amides is 1. The minimum Gasteiger partial charge on any atom is -0.506 e. The number of oxazole rings is 1. The van der Waals surface area contributed by atoms with Crippen molar-refractivity contribution < 1.29 is 24.5 Å². The van der Waals surface area contributed by atoms with Crippen molar-refractivity contribution in [2.24, 2.45) is 5.92 Å². The van der Waals surface area contributed by atoms with Crippen LogP contribution in [0.4, 0.5) is 5.69 Å². The molecule has 6 rings (SSSR count). The Labute approximate surface area is 288 Å². The van der Waals surface area contributed by atoms with Crippen molar-refractivity contribution in [3.63, 3.8) is 0 Å². The second-order valence-corrected chi connectivity index (χ2v) is 13.6. The number of nitrogens with zero attached hydrogens (tertiary/aromatic N) is 1. The van der Waals surface area contributed by atoms with E-state index in [1.165, 1.54) is 12.5 Å². The van der Waals surface area contributed by atoms with Crippen LogP contribution in [0.25, 0.3) is 10.2 Å². The quantitative estimate of drug-likeness (QED) is 0.0742. The average Bonchev–Trinajstić information content (AvgIpc) is 3.77. The second kappa shape index (κ2) is 15.9. The first-order valence-electron chi connectivity index (χ1n) is 16.9. The zero-order chi connectivity index (χ0) is 34.2. The average molecular weight is 686 g/mol. The molecule has 0 bridgehead atoms. The fourth-order valence-electron chi connectivity index (χ4n) is 6.58. The molecule has 0 radical (unpaired) electrons. The lowest BCUT2D eigenvalue weighted by molar-refractivity contribution is -0.116. The Morgan fingerprint density at radius 2 is 1.80 bits per heavy atom. The van der Waals surface area contributed by atoms with Gasteiger partial charge in [-0.25, -0.2) is 4.98 Å². The number of rotatable bonds is 15. The van der Waals surface area contributed by atoms with E-state index in [1.807, 2.05) is 54.6 Å².